The molecule has 0 saturated heterocycles. The molecule has 0 bridgehead atoms. The number of hydrogen-bond donors (Lipinski definition) is 2. The molecule has 26 heavy (non-hydrogen) atoms. The Morgan fingerprint density at radius 3 is 2.58 bits per heavy atom. The Labute approximate surface area is 173 Å². The highest BCUT2D eigenvalue weighted by atomic mass is 127. The number of methoxy groups -OCH3 is 1. The third-order valence-corrected chi connectivity index (χ3v) is 5.43. The molecule has 1 fully saturated rings. The molecule has 0 atom stereocenters. The van der Waals surface area contributed by atoms with Gasteiger partial charge in [0, 0.05) is 33.9 Å². The van der Waals surface area contributed by atoms with E-state index in [0.29, 0.717) is 5.41 Å². The molecule has 1 aliphatic carbocycles. The van der Waals surface area contributed by atoms with Gasteiger partial charge in [0.05, 0.1) is 0 Å². The molecule has 2 N–H and O–H groups in total. The van der Waals surface area contributed by atoms with Gasteiger partial charge in [-0.3, -0.25) is 4.99 Å². The number of hydrogen-bond acceptors (Lipinski definition) is 2. The molecule has 0 spiro atoms. The number of rotatable bonds is 7. The van der Waals surface area contributed by atoms with Crippen molar-refractivity contribution in [1.82, 2.24) is 10.6 Å². The highest BCUT2D eigenvalue weighted by Crippen LogP contribution is 2.43. The number of fused-ring (bicyclic) bond motifs is 1. The van der Waals surface area contributed by atoms with Crippen LogP contribution >= 0.6 is 24.0 Å². The second-order valence-electron chi connectivity index (χ2n) is 7.01. The van der Waals surface area contributed by atoms with Crippen molar-refractivity contribution in [2.45, 2.75) is 32.2 Å². The van der Waals surface area contributed by atoms with E-state index in [1.807, 2.05) is 7.05 Å². The molecular formula is C21H30IN3O. The summed E-state index contributed by atoms with van der Waals surface area (Å²) in [4.78, 5) is 4.39. The van der Waals surface area contributed by atoms with Gasteiger partial charge in [0.15, 0.2) is 5.96 Å². The lowest BCUT2D eigenvalue weighted by atomic mass is 9.67. The summed E-state index contributed by atoms with van der Waals surface area (Å²) in [6, 6.07) is 15.0. The first-order chi connectivity index (χ1) is 12.3. The Morgan fingerprint density at radius 1 is 1.12 bits per heavy atom. The van der Waals surface area contributed by atoms with Crippen molar-refractivity contribution >= 4 is 40.7 Å². The van der Waals surface area contributed by atoms with Crippen LogP contribution in [0.15, 0.2) is 47.5 Å². The molecule has 3 rings (SSSR count). The summed E-state index contributed by atoms with van der Waals surface area (Å²) in [6.07, 6.45) is 5.01. The quantitative estimate of drug-likeness (QED) is 0.362. The van der Waals surface area contributed by atoms with Crippen LogP contribution in [0.1, 0.15) is 31.2 Å². The van der Waals surface area contributed by atoms with Crippen molar-refractivity contribution in [2.24, 2.45) is 10.4 Å². The maximum Gasteiger partial charge on any atom is 0.191 e. The minimum Gasteiger partial charge on any atom is -0.385 e. The van der Waals surface area contributed by atoms with E-state index in [4.69, 9.17) is 4.74 Å². The van der Waals surface area contributed by atoms with E-state index >= 15 is 0 Å². The summed E-state index contributed by atoms with van der Waals surface area (Å²) in [5.41, 5.74) is 1.67. The van der Waals surface area contributed by atoms with E-state index in [2.05, 4.69) is 58.1 Å². The number of halogens is 1. The van der Waals surface area contributed by atoms with Crippen LogP contribution in [0.25, 0.3) is 10.8 Å². The molecule has 5 heteroatoms. The molecule has 0 aliphatic heterocycles. The van der Waals surface area contributed by atoms with Gasteiger partial charge in [-0.15, -0.1) is 24.0 Å². The van der Waals surface area contributed by atoms with Crippen LogP contribution in [0.3, 0.4) is 0 Å². The van der Waals surface area contributed by atoms with Crippen LogP contribution in [0, 0.1) is 5.41 Å². The zero-order chi connectivity index (χ0) is 17.5. The largest absolute Gasteiger partial charge is 0.385 e. The van der Waals surface area contributed by atoms with Crippen LogP contribution in [0.4, 0.5) is 0 Å². The Hall–Kier alpha value is -1.34. The fourth-order valence-corrected chi connectivity index (χ4v) is 3.63. The molecule has 4 nitrogen and oxygen atoms in total. The lowest BCUT2D eigenvalue weighted by molar-refractivity contribution is 0.0732. The minimum absolute atomic E-state index is 0. The Bertz CT molecular complexity index is 723. The molecule has 0 aromatic heterocycles. The van der Waals surface area contributed by atoms with E-state index in [9.17, 15) is 0 Å². The normalized spacial score (nSPS) is 15.8. The smallest absolute Gasteiger partial charge is 0.191 e. The fourth-order valence-electron chi connectivity index (χ4n) is 3.63. The first kappa shape index (κ1) is 21.0. The van der Waals surface area contributed by atoms with E-state index in [1.165, 1.54) is 35.6 Å². The van der Waals surface area contributed by atoms with Crippen LogP contribution in [-0.2, 0) is 11.3 Å². The second kappa shape index (κ2) is 10.1. The average Bonchev–Trinajstić information content (AvgIpc) is 2.63. The minimum atomic E-state index is 0. The van der Waals surface area contributed by atoms with Gasteiger partial charge in [-0.2, -0.15) is 0 Å². The van der Waals surface area contributed by atoms with Gasteiger partial charge in [-0.25, -0.2) is 0 Å². The molecular weight excluding hydrogens is 437 g/mol. The molecule has 2 aromatic rings. The topological polar surface area (TPSA) is 45.7 Å². The highest BCUT2D eigenvalue weighted by Gasteiger charge is 2.36. The zero-order valence-corrected chi connectivity index (χ0v) is 18.1. The molecule has 0 radical (unpaired) electrons. The molecule has 0 unspecified atom stereocenters. The SMILES string of the molecule is CN=C(NCc1cccc2ccccc12)NCC1(CCOC)CCC1.I. The van der Waals surface area contributed by atoms with Crippen molar-refractivity contribution < 1.29 is 4.74 Å². The Morgan fingerprint density at radius 2 is 1.88 bits per heavy atom. The zero-order valence-electron chi connectivity index (χ0n) is 15.8. The van der Waals surface area contributed by atoms with Gasteiger partial charge in [-0.05, 0) is 41.0 Å². The van der Waals surface area contributed by atoms with Crippen molar-refractivity contribution in [3.05, 3.63) is 48.0 Å². The number of benzene rings is 2. The third-order valence-electron chi connectivity index (χ3n) is 5.43. The molecule has 1 aliphatic rings. The van der Waals surface area contributed by atoms with Crippen LogP contribution in [0.2, 0.25) is 0 Å². The number of nitrogens with one attached hydrogen (secondary N) is 2. The molecule has 2 aromatic carbocycles. The highest BCUT2D eigenvalue weighted by molar-refractivity contribution is 14.0. The number of ether oxygens (including phenoxy) is 1. The Balaban J connectivity index is 0.00000243. The number of nitrogens with zero attached hydrogens (tertiary/aromatic N) is 1. The molecule has 1 saturated carbocycles. The summed E-state index contributed by atoms with van der Waals surface area (Å²) >= 11 is 0. The van der Waals surface area contributed by atoms with Gasteiger partial charge >= 0.3 is 0 Å². The van der Waals surface area contributed by atoms with Gasteiger partial charge in [0.1, 0.15) is 0 Å². The third kappa shape index (κ3) is 5.10. The van der Waals surface area contributed by atoms with E-state index < -0.39 is 0 Å². The summed E-state index contributed by atoms with van der Waals surface area (Å²) in [5.74, 6) is 0.872. The van der Waals surface area contributed by atoms with Crippen molar-refractivity contribution in [2.75, 3.05) is 27.3 Å². The maximum atomic E-state index is 5.28. The monoisotopic (exact) mass is 467 g/mol. The number of aliphatic imine (C=N–C) groups is 1. The first-order valence-electron chi connectivity index (χ1n) is 9.16. The lowest BCUT2D eigenvalue weighted by Crippen LogP contribution is -2.46. The molecule has 0 amide bonds. The number of guanidine groups is 1. The standard InChI is InChI=1S/C21H29N3O.HI/c1-22-20(24-16-21(11-6-12-21)13-14-25-2)23-15-18-9-5-8-17-7-3-4-10-19(17)18;/h3-5,7-10H,6,11-16H2,1-2H3,(H2,22,23,24);1H. The van der Waals surface area contributed by atoms with Crippen LogP contribution in [-0.4, -0.2) is 33.3 Å². The summed E-state index contributed by atoms with van der Waals surface area (Å²) < 4.78 is 5.28. The summed E-state index contributed by atoms with van der Waals surface area (Å²) in [6.45, 7) is 2.57. The van der Waals surface area contributed by atoms with Gasteiger partial charge in [0.2, 0.25) is 0 Å². The van der Waals surface area contributed by atoms with Gasteiger partial charge < -0.3 is 15.4 Å². The summed E-state index contributed by atoms with van der Waals surface area (Å²) in [7, 11) is 3.62. The Kier molecular flexibility index (Phi) is 8.15. The summed E-state index contributed by atoms with van der Waals surface area (Å²) in [5, 5.41) is 9.56. The van der Waals surface area contributed by atoms with Crippen molar-refractivity contribution in [1.29, 1.82) is 0 Å². The maximum absolute atomic E-state index is 5.28. The second-order valence-corrected chi connectivity index (χ2v) is 7.01. The first-order valence-corrected chi connectivity index (χ1v) is 9.16. The fraction of sp³-hybridized carbons (Fsp3) is 0.476. The van der Waals surface area contributed by atoms with Crippen molar-refractivity contribution in [3.8, 4) is 0 Å². The van der Waals surface area contributed by atoms with Crippen LogP contribution < -0.4 is 10.6 Å². The van der Waals surface area contributed by atoms with Crippen molar-refractivity contribution in [3.63, 3.8) is 0 Å². The van der Waals surface area contributed by atoms with E-state index in [-0.39, 0.29) is 24.0 Å². The predicted molar refractivity (Wildman–Crippen MR) is 120 cm³/mol. The average molecular weight is 467 g/mol. The van der Waals surface area contributed by atoms with Gasteiger partial charge in [-0.1, -0.05) is 48.9 Å². The van der Waals surface area contributed by atoms with Gasteiger partial charge in [0.25, 0.3) is 0 Å². The van der Waals surface area contributed by atoms with E-state index in [1.54, 1.807) is 7.11 Å². The predicted octanol–water partition coefficient (Wildman–Crippen LogP) is 4.33. The van der Waals surface area contributed by atoms with E-state index in [0.717, 1.165) is 32.1 Å². The molecule has 142 valence electrons. The molecule has 0 heterocycles. The lowest BCUT2D eigenvalue weighted by Gasteiger charge is -2.42. The van der Waals surface area contributed by atoms with Crippen LogP contribution in [0.5, 0.6) is 0 Å².